The number of thiazole rings is 1. The minimum atomic E-state index is -0.588. The smallest absolute Gasteiger partial charge is 0.282 e. The van der Waals surface area contributed by atoms with Crippen molar-refractivity contribution in [2.45, 2.75) is 6.54 Å². The first kappa shape index (κ1) is 16.4. The van der Waals surface area contributed by atoms with Crippen molar-refractivity contribution in [3.8, 4) is 0 Å². The van der Waals surface area contributed by atoms with E-state index in [-0.39, 0.29) is 22.8 Å². The molecule has 1 heterocycles. The number of rotatable bonds is 4. The molecular formula is C16H12ClN3O3S. The van der Waals surface area contributed by atoms with Crippen LogP contribution in [-0.4, -0.2) is 27.8 Å². The number of nitro groups is 1. The zero-order valence-electron chi connectivity index (χ0n) is 12.6. The summed E-state index contributed by atoms with van der Waals surface area (Å²) >= 11 is 7.37. The minimum absolute atomic E-state index is 0.0314. The SMILES string of the molecule is CN(Cc1nc2ccccc2s1)C(=O)c1cc(Cl)ccc1[N+](=O)[O-]. The third kappa shape index (κ3) is 3.22. The van der Waals surface area contributed by atoms with E-state index in [0.717, 1.165) is 15.2 Å². The molecule has 1 amide bonds. The number of carbonyl (C=O) groups excluding carboxylic acids is 1. The predicted octanol–water partition coefficient (Wildman–Crippen LogP) is 4.13. The van der Waals surface area contributed by atoms with Crippen LogP contribution < -0.4 is 0 Å². The standard InChI is InChI=1S/C16H12ClN3O3S/c1-19(9-15-18-12-4-2-3-5-14(12)24-15)16(21)11-8-10(17)6-7-13(11)20(22)23/h2-8H,9H2,1H3. The molecule has 0 N–H and O–H groups in total. The Morgan fingerprint density at radius 3 is 2.79 bits per heavy atom. The molecule has 0 aliphatic heterocycles. The molecule has 6 nitrogen and oxygen atoms in total. The molecule has 8 heteroatoms. The van der Waals surface area contributed by atoms with Gasteiger partial charge in [0, 0.05) is 18.1 Å². The van der Waals surface area contributed by atoms with Crippen molar-refractivity contribution in [3.63, 3.8) is 0 Å². The summed E-state index contributed by atoms with van der Waals surface area (Å²) in [4.78, 5) is 29.0. The summed E-state index contributed by atoms with van der Waals surface area (Å²) in [6.45, 7) is 0.266. The second-order valence-electron chi connectivity index (χ2n) is 5.16. The average molecular weight is 362 g/mol. The number of carbonyl (C=O) groups is 1. The molecule has 0 atom stereocenters. The number of aromatic nitrogens is 1. The van der Waals surface area contributed by atoms with Gasteiger partial charge in [0.05, 0.1) is 21.7 Å². The Balaban J connectivity index is 1.87. The maximum Gasteiger partial charge on any atom is 0.282 e. The van der Waals surface area contributed by atoms with Crippen molar-refractivity contribution in [1.82, 2.24) is 9.88 Å². The van der Waals surface area contributed by atoms with Crippen LogP contribution in [0.1, 0.15) is 15.4 Å². The van der Waals surface area contributed by atoms with E-state index in [0.29, 0.717) is 0 Å². The summed E-state index contributed by atoms with van der Waals surface area (Å²) in [7, 11) is 1.58. The molecular weight excluding hydrogens is 350 g/mol. The predicted molar refractivity (Wildman–Crippen MR) is 93.5 cm³/mol. The lowest BCUT2D eigenvalue weighted by Gasteiger charge is -2.15. The Labute approximate surface area is 146 Å². The van der Waals surface area contributed by atoms with E-state index in [1.807, 2.05) is 24.3 Å². The highest BCUT2D eigenvalue weighted by molar-refractivity contribution is 7.18. The van der Waals surface area contributed by atoms with Crippen LogP contribution >= 0.6 is 22.9 Å². The number of hydrogen-bond donors (Lipinski definition) is 0. The summed E-state index contributed by atoms with van der Waals surface area (Å²) in [5, 5.41) is 12.2. The molecule has 2 aromatic carbocycles. The number of para-hydroxylation sites is 1. The number of nitrogens with zero attached hydrogens (tertiary/aromatic N) is 3. The molecule has 24 heavy (non-hydrogen) atoms. The molecule has 0 radical (unpaired) electrons. The Kier molecular flexibility index (Phi) is 4.46. The van der Waals surface area contributed by atoms with Gasteiger partial charge in [0.15, 0.2) is 0 Å². The molecule has 0 fully saturated rings. The van der Waals surface area contributed by atoms with Gasteiger partial charge in [-0.2, -0.15) is 0 Å². The van der Waals surface area contributed by atoms with Gasteiger partial charge < -0.3 is 4.90 Å². The van der Waals surface area contributed by atoms with Crippen LogP contribution in [0.3, 0.4) is 0 Å². The van der Waals surface area contributed by atoms with Crippen molar-refractivity contribution in [2.75, 3.05) is 7.05 Å². The molecule has 0 aliphatic carbocycles. The normalized spacial score (nSPS) is 10.8. The van der Waals surface area contributed by atoms with Crippen molar-refractivity contribution in [2.24, 2.45) is 0 Å². The van der Waals surface area contributed by atoms with Gasteiger partial charge in [-0.25, -0.2) is 4.98 Å². The third-order valence-corrected chi connectivity index (χ3v) is 4.70. The summed E-state index contributed by atoms with van der Waals surface area (Å²) < 4.78 is 1.03. The van der Waals surface area contributed by atoms with E-state index in [1.54, 1.807) is 7.05 Å². The van der Waals surface area contributed by atoms with Crippen LogP contribution in [0, 0.1) is 10.1 Å². The molecule has 0 bridgehead atoms. The topological polar surface area (TPSA) is 76.3 Å². The molecule has 0 aliphatic rings. The van der Waals surface area contributed by atoms with Crippen LogP contribution in [0.2, 0.25) is 5.02 Å². The van der Waals surface area contributed by atoms with E-state index in [1.165, 1.54) is 34.4 Å². The number of amides is 1. The monoisotopic (exact) mass is 361 g/mol. The number of benzene rings is 2. The van der Waals surface area contributed by atoms with Crippen LogP contribution in [-0.2, 0) is 6.54 Å². The van der Waals surface area contributed by atoms with Crippen LogP contribution in [0.4, 0.5) is 5.69 Å². The quantitative estimate of drug-likeness (QED) is 0.517. The fraction of sp³-hybridized carbons (Fsp3) is 0.125. The van der Waals surface area contributed by atoms with E-state index < -0.39 is 10.8 Å². The molecule has 1 aromatic heterocycles. The van der Waals surface area contributed by atoms with E-state index >= 15 is 0 Å². The fourth-order valence-electron chi connectivity index (χ4n) is 2.31. The van der Waals surface area contributed by atoms with Gasteiger partial charge in [-0.05, 0) is 24.3 Å². The van der Waals surface area contributed by atoms with Gasteiger partial charge in [-0.1, -0.05) is 23.7 Å². The molecule has 0 spiro atoms. The van der Waals surface area contributed by atoms with Gasteiger partial charge in [0.25, 0.3) is 11.6 Å². The van der Waals surface area contributed by atoms with Crippen LogP contribution in [0.25, 0.3) is 10.2 Å². The van der Waals surface area contributed by atoms with Gasteiger partial charge in [0.2, 0.25) is 0 Å². The van der Waals surface area contributed by atoms with Crippen LogP contribution in [0.5, 0.6) is 0 Å². The zero-order valence-corrected chi connectivity index (χ0v) is 14.2. The lowest BCUT2D eigenvalue weighted by Crippen LogP contribution is -2.26. The summed E-state index contributed by atoms with van der Waals surface area (Å²) in [5.74, 6) is -0.469. The Morgan fingerprint density at radius 2 is 2.08 bits per heavy atom. The first-order valence-electron chi connectivity index (χ1n) is 6.99. The van der Waals surface area contributed by atoms with Gasteiger partial charge in [0.1, 0.15) is 10.6 Å². The molecule has 0 unspecified atom stereocenters. The molecule has 3 rings (SSSR count). The summed E-state index contributed by atoms with van der Waals surface area (Å²) in [5.41, 5.74) is 0.573. The van der Waals surface area contributed by atoms with E-state index in [9.17, 15) is 14.9 Å². The Bertz CT molecular complexity index is 908. The largest absolute Gasteiger partial charge is 0.335 e. The first-order valence-corrected chi connectivity index (χ1v) is 8.19. The van der Waals surface area contributed by atoms with Crippen molar-refractivity contribution >= 4 is 44.7 Å². The van der Waals surface area contributed by atoms with E-state index in [4.69, 9.17) is 11.6 Å². The molecule has 0 saturated carbocycles. The number of halogens is 1. The second kappa shape index (κ2) is 6.54. The number of hydrogen-bond acceptors (Lipinski definition) is 5. The third-order valence-electron chi connectivity index (χ3n) is 3.44. The highest BCUT2D eigenvalue weighted by atomic mass is 35.5. The maximum atomic E-state index is 12.6. The zero-order chi connectivity index (χ0) is 17.3. The minimum Gasteiger partial charge on any atom is -0.335 e. The second-order valence-corrected chi connectivity index (χ2v) is 6.71. The lowest BCUT2D eigenvalue weighted by atomic mass is 10.1. The maximum absolute atomic E-state index is 12.6. The van der Waals surface area contributed by atoms with Crippen molar-refractivity contribution < 1.29 is 9.72 Å². The van der Waals surface area contributed by atoms with Crippen LogP contribution in [0.15, 0.2) is 42.5 Å². The van der Waals surface area contributed by atoms with Gasteiger partial charge in [-0.15, -0.1) is 11.3 Å². The highest BCUT2D eigenvalue weighted by Gasteiger charge is 2.24. The molecule has 3 aromatic rings. The Hall–Kier alpha value is -2.51. The van der Waals surface area contributed by atoms with Gasteiger partial charge >= 0.3 is 0 Å². The molecule has 0 saturated heterocycles. The Morgan fingerprint density at radius 1 is 1.33 bits per heavy atom. The van der Waals surface area contributed by atoms with E-state index in [2.05, 4.69) is 4.98 Å². The number of nitro benzene ring substituents is 1. The highest BCUT2D eigenvalue weighted by Crippen LogP contribution is 2.26. The average Bonchev–Trinajstić information content (AvgIpc) is 2.95. The fourth-order valence-corrected chi connectivity index (χ4v) is 3.50. The van der Waals surface area contributed by atoms with Crippen molar-refractivity contribution in [3.05, 3.63) is 68.2 Å². The van der Waals surface area contributed by atoms with Crippen molar-refractivity contribution in [1.29, 1.82) is 0 Å². The summed E-state index contributed by atoms with van der Waals surface area (Å²) in [6.07, 6.45) is 0. The lowest BCUT2D eigenvalue weighted by molar-refractivity contribution is -0.385. The first-order chi connectivity index (χ1) is 11.5. The summed E-state index contributed by atoms with van der Waals surface area (Å²) in [6, 6.07) is 11.6. The number of fused-ring (bicyclic) bond motifs is 1. The van der Waals surface area contributed by atoms with Gasteiger partial charge in [-0.3, -0.25) is 14.9 Å². The molecule has 122 valence electrons.